The third kappa shape index (κ3) is 5.10. The standard InChI is InChI=1S/C23H26N4O2S/c1-16(2)25-22-26(24-14-17-6-10-19(11-7-17)23(3,4)5)21(15-30-22)18-8-12-20(13-9-18)27(28)29/h6-16H,1-5H3. The largest absolute Gasteiger partial charge is 0.269 e. The van der Waals surface area contributed by atoms with Gasteiger partial charge in [0.2, 0.25) is 4.80 Å². The van der Waals surface area contributed by atoms with E-state index in [1.165, 1.54) is 29.0 Å². The molecule has 1 aromatic heterocycles. The average molecular weight is 423 g/mol. The van der Waals surface area contributed by atoms with Gasteiger partial charge in [0.05, 0.1) is 16.8 Å². The van der Waals surface area contributed by atoms with Gasteiger partial charge in [0, 0.05) is 29.1 Å². The van der Waals surface area contributed by atoms with Crippen molar-refractivity contribution in [2.45, 2.75) is 46.1 Å². The second-order valence-corrected chi connectivity index (χ2v) is 9.20. The lowest BCUT2D eigenvalue weighted by Gasteiger charge is -2.18. The first-order chi connectivity index (χ1) is 14.1. The molecule has 0 aliphatic carbocycles. The van der Waals surface area contributed by atoms with E-state index in [-0.39, 0.29) is 17.1 Å². The number of hydrogen-bond donors (Lipinski definition) is 0. The summed E-state index contributed by atoms with van der Waals surface area (Å²) in [6.07, 6.45) is 1.81. The predicted molar refractivity (Wildman–Crippen MR) is 123 cm³/mol. The highest BCUT2D eigenvalue weighted by molar-refractivity contribution is 7.07. The summed E-state index contributed by atoms with van der Waals surface area (Å²) < 4.78 is 1.80. The number of non-ortho nitro benzene ring substituents is 1. The van der Waals surface area contributed by atoms with Gasteiger partial charge in [-0.25, -0.2) is 4.68 Å². The minimum Gasteiger partial charge on any atom is -0.258 e. The number of nitrogens with zero attached hydrogens (tertiary/aromatic N) is 4. The van der Waals surface area contributed by atoms with Crippen molar-refractivity contribution in [2.24, 2.45) is 10.1 Å². The third-order valence-electron chi connectivity index (χ3n) is 4.53. The first-order valence-electron chi connectivity index (χ1n) is 9.79. The molecule has 0 atom stereocenters. The Morgan fingerprint density at radius 1 is 1.07 bits per heavy atom. The molecule has 0 amide bonds. The fraction of sp³-hybridized carbons (Fsp3) is 0.304. The molecule has 0 saturated heterocycles. The van der Waals surface area contributed by atoms with Crippen molar-refractivity contribution < 1.29 is 4.92 Å². The summed E-state index contributed by atoms with van der Waals surface area (Å²) in [5, 5.41) is 17.6. The topological polar surface area (TPSA) is 72.8 Å². The van der Waals surface area contributed by atoms with E-state index in [9.17, 15) is 10.1 Å². The van der Waals surface area contributed by atoms with Gasteiger partial charge in [-0.3, -0.25) is 15.1 Å². The summed E-state index contributed by atoms with van der Waals surface area (Å²) in [5.41, 5.74) is 4.12. The van der Waals surface area contributed by atoms with Crippen LogP contribution in [-0.2, 0) is 5.41 Å². The highest BCUT2D eigenvalue weighted by atomic mass is 32.1. The van der Waals surface area contributed by atoms with Crippen LogP contribution in [0.2, 0.25) is 0 Å². The lowest BCUT2D eigenvalue weighted by atomic mass is 9.87. The van der Waals surface area contributed by atoms with Gasteiger partial charge in [-0.2, -0.15) is 5.10 Å². The monoisotopic (exact) mass is 422 g/mol. The molecule has 1 heterocycles. The van der Waals surface area contributed by atoms with E-state index in [1.54, 1.807) is 16.8 Å². The van der Waals surface area contributed by atoms with E-state index in [1.807, 2.05) is 25.4 Å². The Morgan fingerprint density at radius 3 is 2.23 bits per heavy atom. The van der Waals surface area contributed by atoms with Gasteiger partial charge in [0.25, 0.3) is 5.69 Å². The van der Waals surface area contributed by atoms with Crippen LogP contribution in [0.1, 0.15) is 45.7 Å². The molecule has 2 aromatic carbocycles. The molecule has 0 unspecified atom stereocenters. The first kappa shape index (κ1) is 21.6. The maximum Gasteiger partial charge on any atom is 0.269 e. The van der Waals surface area contributed by atoms with Crippen LogP contribution < -0.4 is 4.80 Å². The van der Waals surface area contributed by atoms with E-state index < -0.39 is 4.92 Å². The molecule has 6 nitrogen and oxygen atoms in total. The van der Waals surface area contributed by atoms with E-state index in [4.69, 9.17) is 0 Å². The molecule has 0 fully saturated rings. The first-order valence-corrected chi connectivity index (χ1v) is 10.7. The van der Waals surface area contributed by atoms with Gasteiger partial charge in [0.1, 0.15) is 0 Å². The summed E-state index contributed by atoms with van der Waals surface area (Å²) >= 11 is 1.50. The van der Waals surface area contributed by atoms with Crippen LogP contribution in [0.4, 0.5) is 5.69 Å². The molecule has 0 bridgehead atoms. The zero-order chi connectivity index (χ0) is 21.9. The third-order valence-corrected chi connectivity index (χ3v) is 5.36. The van der Waals surface area contributed by atoms with Gasteiger partial charge in [-0.05, 0) is 42.5 Å². The molecule has 0 radical (unpaired) electrons. The predicted octanol–water partition coefficient (Wildman–Crippen LogP) is 5.61. The number of hydrogen-bond acceptors (Lipinski definition) is 5. The number of rotatable bonds is 5. The fourth-order valence-electron chi connectivity index (χ4n) is 2.87. The maximum absolute atomic E-state index is 11.0. The number of nitro groups is 1. The van der Waals surface area contributed by atoms with Crippen molar-refractivity contribution >= 4 is 23.2 Å². The molecular weight excluding hydrogens is 396 g/mol. The number of nitro benzene ring substituents is 1. The summed E-state index contributed by atoms with van der Waals surface area (Å²) in [4.78, 5) is 16.0. The van der Waals surface area contributed by atoms with Gasteiger partial charge in [-0.1, -0.05) is 45.0 Å². The van der Waals surface area contributed by atoms with E-state index in [2.05, 4.69) is 55.1 Å². The molecule has 0 aliphatic rings. The quantitative estimate of drug-likeness (QED) is 0.304. The zero-order valence-corrected chi connectivity index (χ0v) is 18.7. The van der Waals surface area contributed by atoms with Gasteiger partial charge in [0.15, 0.2) is 0 Å². The molecule has 0 N–H and O–H groups in total. The molecule has 3 rings (SSSR count). The van der Waals surface area contributed by atoms with Crippen LogP contribution in [0.5, 0.6) is 0 Å². The second kappa shape index (κ2) is 8.75. The smallest absolute Gasteiger partial charge is 0.258 e. The average Bonchev–Trinajstić information content (AvgIpc) is 3.07. The van der Waals surface area contributed by atoms with Gasteiger partial charge < -0.3 is 0 Å². The summed E-state index contributed by atoms with van der Waals surface area (Å²) in [6, 6.07) is 15.0. The molecule has 0 aliphatic heterocycles. The highest BCUT2D eigenvalue weighted by Crippen LogP contribution is 2.24. The van der Waals surface area contributed by atoms with Crippen molar-refractivity contribution in [1.82, 2.24) is 4.68 Å². The Morgan fingerprint density at radius 2 is 1.70 bits per heavy atom. The van der Waals surface area contributed by atoms with Crippen LogP contribution in [0.15, 0.2) is 64.0 Å². The Kier molecular flexibility index (Phi) is 6.31. The van der Waals surface area contributed by atoms with Gasteiger partial charge in [-0.15, -0.1) is 11.3 Å². The summed E-state index contributed by atoms with van der Waals surface area (Å²) in [7, 11) is 0. The van der Waals surface area contributed by atoms with Crippen LogP contribution in [0, 0.1) is 10.1 Å². The number of benzene rings is 2. The minimum atomic E-state index is -0.398. The maximum atomic E-state index is 11.0. The fourth-order valence-corrected chi connectivity index (χ4v) is 3.84. The van der Waals surface area contributed by atoms with Crippen LogP contribution >= 0.6 is 11.3 Å². The Balaban J connectivity index is 2.01. The normalized spacial score (nSPS) is 12.8. The Labute approximate surface area is 180 Å². The van der Waals surface area contributed by atoms with Gasteiger partial charge >= 0.3 is 0 Å². The van der Waals surface area contributed by atoms with E-state index in [0.717, 1.165) is 21.6 Å². The molecule has 156 valence electrons. The Hall–Kier alpha value is -3.06. The number of aromatic nitrogens is 1. The summed E-state index contributed by atoms with van der Waals surface area (Å²) in [6.45, 7) is 10.6. The van der Waals surface area contributed by atoms with Crippen molar-refractivity contribution in [3.8, 4) is 11.3 Å². The van der Waals surface area contributed by atoms with Crippen molar-refractivity contribution in [3.05, 3.63) is 80.0 Å². The SMILES string of the molecule is CC(C)N=c1scc(-c2ccc([N+](=O)[O-])cc2)n1N=Cc1ccc(C(C)(C)C)cc1. The van der Waals surface area contributed by atoms with Crippen molar-refractivity contribution in [3.63, 3.8) is 0 Å². The summed E-state index contributed by atoms with van der Waals surface area (Å²) in [5.74, 6) is 0. The van der Waals surface area contributed by atoms with Crippen LogP contribution in [-0.4, -0.2) is 21.9 Å². The minimum absolute atomic E-state index is 0.0649. The van der Waals surface area contributed by atoms with Crippen molar-refractivity contribution in [2.75, 3.05) is 0 Å². The zero-order valence-electron chi connectivity index (χ0n) is 17.9. The molecule has 0 saturated carbocycles. The molecule has 0 spiro atoms. The van der Waals surface area contributed by atoms with Crippen LogP contribution in [0.25, 0.3) is 11.3 Å². The molecule has 7 heteroatoms. The number of thiazole rings is 1. The van der Waals surface area contributed by atoms with Crippen LogP contribution in [0.3, 0.4) is 0 Å². The lowest BCUT2D eigenvalue weighted by molar-refractivity contribution is -0.384. The lowest BCUT2D eigenvalue weighted by Crippen LogP contribution is -2.14. The second-order valence-electron chi connectivity index (χ2n) is 8.36. The Bertz CT molecular complexity index is 1120. The van der Waals surface area contributed by atoms with E-state index >= 15 is 0 Å². The highest BCUT2D eigenvalue weighted by Gasteiger charge is 2.13. The molecule has 30 heavy (non-hydrogen) atoms. The molecular formula is C23H26N4O2S. The van der Waals surface area contributed by atoms with Crippen molar-refractivity contribution in [1.29, 1.82) is 0 Å². The van der Waals surface area contributed by atoms with E-state index in [0.29, 0.717) is 0 Å². The molecule has 3 aromatic rings.